The number of carbonyl (C=O) groups is 1. The van der Waals surface area contributed by atoms with Crippen molar-refractivity contribution in [3.8, 4) is 11.5 Å². The molecule has 0 saturated heterocycles. The van der Waals surface area contributed by atoms with Crippen LogP contribution >= 0.6 is 11.8 Å². The van der Waals surface area contributed by atoms with E-state index in [0.29, 0.717) is 5.89 Å². The standard InChI is InChI=1S/C20H21N3O2S/c1-4-26-17-7-5-15(6-8-17)12-18(24)21-20-23-22-19(25-20)16-10-13(2)9-14(3)11-16/h5-11H,4,12H2,1-3H3,(H,21,23,24). The maximum Gasteiger partial charge on any atom is 0.322 e. The molecule has 1 heterocycles. The predicted molar refractivity (Wildman–Crippen MR) is 104 cm³/mol. The monoisotopic (exact) mass is 367 g/mol. The van der Waals surface area contributed by atoms with Crippen LogP contribution in [0.4, 0.5) is 6.01 Å². The third-order valence-electron chi connectivity index (χ3n) is 3.74. The van der Waals surface area contributed by atoms with Crippen LogP contribution < -0.4 is 5.32 Å². The average molecular weight is 367 g/mol. The van der Waals surface area contributed by atoms with Crippen molar-refractivity contribution in [2.45, 2.75) is 32.1 Å². The molecule has 0 radical (unpaired) electrons. The van der Waals surface area contributed by atoms with Gasteiger partial charge in [-0.25, -0.2) is 0 Å². The van der Waals surface area contributed by atoms with Crippen LogP contribution in [0, 0.1) is 13.8 Å². The molecule has 134 valence electrons. The van der Waals surface area contributed by atoms with Gasteiger partial charge in [-0.3, -0.25) is 10.1 Å². The lowest BCUT2D eigenvalue weighted by molar-refractivity contribution is -0.115. The Morgan fingerprint density at radius 2 is 1.77 bits per heavy atom. The Morgan fingerprint density at radius 1 is 1.08 bits per heavy atom. The van der Waals surface area contributed by atoms with Gasteiger partial charge < -0.3 is 4.42 Å². The van der Waals surface area contributed by atoms with E-state index in [1.165, 1.54) is 4.90 Å². The average Bonchev–Trinajstić information content (AvgIpc) is 3.04. The first-order valence-electron chi connectivity index (χ1n) is 8.47. The molecule has 3 rings (SSSR count). The molecule has 0 aliphatic heterocycles. The summed E-state index contributed by atoms with van der Waals surface area (Å²) >= 11 is 1.77. The van der Waals surface area contributed by atoms with Gasteiger partial charge in [-0.15, -0.1) is 16.9 Å². The van der Waals surface area contributed by atoms with Gasteiger partial charge in [0.2, 0.25) is 11.8 Å². The molecule has 1 aromatic heterocycles. The van der Waals surface area contributed by atoms with E-state index in [9.17, 15) is 4.79 Å². The molecule has 3 aromatic rings. The van der Waals surface area contributed by atoms with Crippen molar-refractivity contribution >= 4 is 23.7 Å². The smallest absolute Gasteiger partial charge is 0.322 e. The molecule has 0 aliphatic carbocycles. The minimum absolute atomic E-state index is 0.113. The first-order chi connectivity index (χ1) is 12.5. The van der Waals surface area contributed by atoms with E-state index < -0.39 is 0 Å². The lowest BCUT2D eigenvalue weighted by Gasteiger charge is -2.03. The minimum atomic E-state index is -0.184. The number of hydrogen-bond donors (Lipinski definition) is 1. The lowest BCUT2D eigenvalue weighted by atomic mass is 10.1. The van der Waals surface area contributed by atoms with Gasteiger partial charge in [-0.2, -0.15) is 0 Å². The number of rotatable bonds is 6. The van der Waals surface area contributed by atoms with Crippen LogP contribution in [0.15, 0.2) is 51.8 Å². The second-order valence-electron chi connectivity index (χ2n) is 6.09. The summed E-state index contributed by atoms with van der Waals surface area (Å²) in [5, 5.41) is 10.6. The number of aryl methyl sites for hydroxylation is 2. The van der Waals surface area contributed by atoms with Crippen molar-refractivity contribution in [1.82, 2.24) is 10.2 Å². The molecule has 0 atom stereocenters. The summed E-state index contributed by atoms with van der Waals surface area (Å²) in [5.41, 5.74) is 4.03. The summed E-state index contributed by atoms with van der Waals surface area (Å²) in [6.07, 6.45) is 0.262. The molecule has 0 aliphatic rings. The van der Waals surface area contributed by atoms with Gasteiger partial charge in [0.05, 0.1) is 6.42 Å². The summed E-state index contributed by atoms with van der Waals surface area (Å²) in [6.45, 7) is 6.14. The maximum absolute atomic E-state index is 12.2. The largest absolute Gasteiger partial charge is 0.403 e. The number of nitrogens with one attached hydrogen (secondary N) is 1. The highest BCUT2D eigenvalue weighted by molar-refractivity contribution is 7.99. The quantitative estimate of drug-likeness (QED) is 0.643. The SMILES string of the molecule is CCSc1ccc(CC(=O)Nc2nnc(-c3cc(C)cc(C)c3)o2)cc1. The number of aromatic nitrogens is 2. The number of nitrogens with zero attached hydrogens (tertiary/aromatic N) is 2. The lowest BCUT2D eigenvalue weighted by Crippen LogP contribution is -2.14. The Hall–Kier alpha value is -2.60. The number of benzene rings is 2. The number of anilines is 1. The minimum Gasteiger partial charge on any atom is -0.403 e. The van der Waals surface area contributed by atoms with Crippen molar-refractivity contribution in [3.05, 3.63) is 59.2 Å². The number of amides is 1. The highest BCUT2D eigenvalue weighted by Crippen LogP contribution is 2.23. The third kappa shape index (κ3) is 4.73. The van der Waals surface area contributed by atoms with Gasteiger partial charge in [-0.1, -0.05) is 41.3 Å². The molecule has 5 nitrogen and oxygen atoms in total. The van der Waals surface area contributed by atoms with Crippen molar-refractivity contribution in [3.63, 3.8) is 0 Å². The normalized spacial score (nSPS) is 10.7. The van der Waals surface area contributed by atoms with Crippen LogP contribution in [-0.2, 0) is 11.2 Å². The Labute approximate surface area is 157 Å². The van der Waals surface area contributed by atoms with E-state index in [2.05, 4.69) is 28.5 Å². The van der Waals surface area contributed by atoms with E-state index >= 15 is 0 Å². The van der Waals surface area contributed by atoms with Crippen LogP contribution in [-0.4, -0.2) is 21.9 Å². The Kier molecular flexibility index (Phi) is 5.73. The fraction of sp³-hybridized carbons (Fsp3) is 0.250. The van der Waals surface area contributed by atoms with Gasteiger partial charge in [-0.05, 0) is 49.4 Å². The van der Waals surface area contributed by atoms with Crippen LogP contribution in [0.5, 0.6) is 0 Å². The first kappa shape index (κ1) is 18.2. The van der Waals surface area contributed by atoms with Crippen molar-refractivity contribution in [2.75, 3.05) is 11.1 Å². The van der Waals surface area contributed by atoms with Crippen molar-refractivity contribution in [2.24, 2.45) is 0 Å². The van der Waals surface area contributed by atoms with Gasteiger partial charge in [0.1, 0.15) is 0 Å². The van der Waals surface area contributed by atoms with Crippen LogP contribution in [0.3, 0.4) is 0 Å². The van der Waals surface area contributed by atoms with Crippen molar-refractivity contribution in [1.29, 1.82) is 0 Å². The van der Waals surface area contributed by atoms with Crippen LogP contribution in [0.2, 0.25) is 0 Å². The summed E-state index contributed by atoms with van der Waals surface area (Å²) in [6, 6.07) is 14.1. The Morgan fingerprint density at radius 3 is 2.42 bits per heavy atom. The molecule has 26 heavy (non-hydrogen) atoms. The van der Waals surface area contributed by atoms with Crippen LogP contribution in [0.25, 0.3) is 11.5 Å². The molecule has 0 saturated carbocycles. The van der Waals surface area contributed by atoms with Crippen LogP contribution in [0.1, 0.15) is 23.6 Å². The third-order valence-corrected chi connectivity index (χ3v) is 4.63. The fourth-order valence-corrected chi connectivity index (χ4v) is 3.37. The zero-order chi connectivity index (χ0) is 18.5. The molecule has 1 N–H and O–H groups in total. The summed E-state index contributed by atoms with van der Waals surface area (Å²) in [5.74, 6) is 1.24. The number of carbonyl (C=O) groups excluding carboxylic acids is 1. The molecule has 0 unspecified atom stereocenters. The Balaban J connectivity index is 1.64. The molecule has 0 fully saturated rings. The van der Waals surface area contributed by atoms with Gasteiger partial charge >= 0.3 is 6.01 Å². The summed E-state index contributed by atoms with van der Waals surface area (Å²) in [4.78, 5) is 13.4. The topological polar surface area (TPSA) is 68.0 Å². The maximum atomic E-state index is 12.2. The van der Waals surface area contributed by atoms with E-state index in [1.807, 2.05) is 50.2 Å². The van der Waals surface area contributed by atoms with Gasteiger partial charge in [0.15, 0.2) is 0 Å². The van der Waals surface area contributed by atoms with Gasteiger partial charge in [0, 0.05) is 10.5 Å². The molecular weight excluding hydrogens is 346 g/mol. The van der Waals surface area contributed by atoms with E-state index in [0.717, 1.165) is 28.0 Å². The molecule has 6 heteroatoms. The highest BCUT2D eigenvalue weighted by Gasteiger charge is 2.12. The van der Waals surface area contributed by atoms with Crippen molar-refractivity contribution < 1.29 is 9.21 Å². The second kappa shape index (κ2) is 8.19. The van der Waals surface area contributed by atoms with Gasteiger partial charge in [0.25, 0.3) is 0 Å². The number of hydrogen-bond acceptors (Lipinski definition) is 5. The number of thioether (sulfide) groups is 1. The zero-order valence-corrected chi connectivity index (χ0v) is 15.9. The fourth-order valence-electron chi connectivity index (χ4n) is 2.71. The molecule has 0 bridgehead atoms. The molecule has 0 spiro atoms. The Bertz CT molecular complexity index is 883. The van der Waals surface area contributed by atoms with E-state index in [1.54, 1.807) is 11.8 Å². The van der Waals surface area contributed by atoms with E-state index in [4.69, 9.17) is 4.42 Å². The molecule has 1 amide bonds. The molecular formula is C20H21N3O2S. The predicted octanol–water partition coefficient (Wildman–Crippen LogP) is 4.65. The zero-order valence-electron chi connectivity index (χ0n) is 15.1. The highest BCUT2D eigenvalue weighted by atomic mass is 32.2. The second-order valence-corrected chi connectivity index (χ2v) is 7.43. The summed E-state index contributed by atoms with van der Waals surface area (Å²) < 4.78 is 5.58. The molecule has 2 aromatic carbocycles. The first-order valence-corrected chi connectivity index (χ1v) is 9.46. The summed E-state index contributed by atoms with van der Waals surface area (Å²) in [7, 11) is 0. The van der Waals surface area contributed by atoms with E-state index in [-0.39, 0.29) is 18.3 Å².